The summed E-state index contributed by atoms with van der Waals surface area (Å²) in [5.41, 5.74) is 2.73. The molecule has 0 atom stereocenters. The molecule has 7 heteroatoms. The average molecular weight is 406 g/mol. The number of nitrogens with zero attached hydrogens (tertiary/aromatic N) is 4. The zero-order valence-electron chi connectivity index (χ0n) is 17.3. The summed E-state index contributed by atoms with van der Waals surface area (Å²) in [4.78, 5) is 17.1. The summed E-state index contributed by atoms with van der Waals surface area (Å²) < 4.78 is 12.6. The summed E-state index contributed by atoms with van der Waals surface area (Å²) in [6.45, 7) is 3.80. The van der Waals surface area contributed by atoms with E-state index in [-0.39, 0.29) is 5.91 Å². The zero-order chi connectivity index (χ0) is 20.9. The minimum Gasteiger partial charge on any atom is -0.497 e. The first-order chi connectivity index (χ1) is 14.7. The van der Waals surface area contributed by atoms with Crippen LogP contribution in [-0.4, -0.2) is 65.9 Å². The molecule has 0 spiro atoms. The van der Waals surface area contributed by atoms with Crippen molar-refractivity contribution >= 4 is 5.91 Å². The number of carbonyl (C=O) groups is 1. The van der Waals surface area contributed by atoms with Crippen molar-refractivity contribution in [3.05, 3.63) is 72.1 Å². The van der Waals surface area contributed by atoms with Gasteiger partial charge in [-0.05, 0) is 48.5 Å². The largest absolute Gasteiger partial charge is 0.497 e. The van der Waals surface area contributed by atoms with E-state index < -0.39 is 0 Å². The molecule has 1 fully saturated rings. The predicted molar refractivity (Wildman–Crippen MR) is 114 cm³/mol. The predicted octanol–water partition coefficient (Wildman–Crippen LogP) is 2.85. The van der Waals surface area contributed by atoms with Gasteiger partial charge in [0.15, 0.2) is 0 Å². The van der Waals surface area contributed by atoms with Crippen molar-refractivity contribution in [2.45, 2.75) is 6.54 Å². The molecule has 3 aromatic rings. The van der Waals surface area contributed by atoms with Crippen molar-refractivity contribution in [3.8, 4) is 17.2 Å². The number of carbonyl (C=O) groups excluding carboxylic acids is 1. The van der Waals surface area contributed by atoms with Gasteiger partial charge < -0.3 is 14.4 Å². The van der Waals surface area contributed by atoms with Crippen LogP contribution in [0.1, 0.15) is 15.9 Å². The fourth-order valence-corrected chi connectivity index (χ4v) is 3.72. The van der Waals surface area contributed by atoms with E-state index in [1.807, 2.05) is 59.6 Å². The molecule has 1 amide bonds. The van der Waals surface area contributed by atoms with Gasteiger partial charge in [0, 0.05) is 56.2 Å². The molecule has 4 rings (SSSR count). The number of benzene rings is 2. The molecular weight excluding hydrogens is 380 g/mol. The van der Waals surface area contributed by atoms with Gasteiger partial charge >= 0.3 is 0 Å². The molecule has 0 N–H and O–H groups in total. The summed E-state index contributed by atoms with van der Waals surface area (Å²) in [5.74, 6) is 1.74. The molecule has 2 heterocycles. The Balaban J connectivity index is 1.36. The molecule has 2 aromatic carbocycles. The Morgan fingerprint density at radius 2 is 1.77 bits per heavy atom. The van der Waals surface area contributed by atoms with E-state index in [4.69, 9.17) is 9.47 Å². The van der Waals surface area contributed by atoms with Crippen molar-refractivity contribution in [2.24, 2.45) is 0 Å². The first kappa shape index (κ1) is 20.0. The maximum atomic E-state index is 12.9. The molecule has 1 aromatic heterocycles. The molecule has 1 aliphatic rings. The lowest BCUT2D eigenvalue weighted by molar-refractivity contribution is 0.0627. The third-order valence-electron chi connectivity index (χ3n) is 5.42. The lowest BCUT2D eigenvalue weighted by atomic mass is 10.1. The second-order valence-corrected chi connectivity index (χ2v) is 7.24. The average Bonchev–Trinajstić information content (AvgIpc) is 3.34. The minimum absolute atomic E-state index is 0.0700. The van der Waals surface area contributed by atoms with Crippen LogP contribution in [0.5, 0.6) is 11.5 Å². The lowest BCUT2D eigenvalue weighted by Crippen LogP contribution is -2.48. The van der Waals surface area contributed by atoms with Crippen molar-refractivity contribution in [3.63, 3.8) is 0 Å². The molecule has 30 heavy (non-hydrogen) atoms. The number of piperazine rings is 1. The van der Waals surface area contributed by atoms with Gasteiger partial charge in [0.25, 0.3) is 5.91 Å². The highest BCUT2D eigenvalue weighted by Gasteiger charge is 2.23. The SMILES string of the molecule is COc1ccc(OC)c(CN2CCN(C(=O)c3ccc(-n4cccn4)cc3)CC2)c1. The molecule has 1 aliphatic heterocycles. The fraction of sp³-hybridized carbons (Fsp3) is 0.304. The Morgan fingerprint density at radius 3 is 2.40 bits per heavy atom. The molecule has 0 bridgehead atoms. The van der Waals surface area contributed by atoms with Gasteiger partial charge in [-0.15, -0.1) is 0 Å². The quantitative estimate of drug-likeness (QED) is 0.630. The van der Waals surface area contributed by atoms with Gasteiger partial charge in [0.1, 0.15) is 11.5 Å². The monoisotopic (exact) mass is 406 g/mol. The lowest BCUT2D eigenvalue weighted by Gasteiger charge is -2.35. The number of amides is 1. The van der Waals surface area contributed by atoms with Crippen LogP contribution >= 0.6 is 0 Å². The molecule has 7 nitrogen and oxygen atoms in total. The van der Waals surface area contributed by atoms with Crippen LogP contribution in [0.2, 0.25) is 0 Å². The van der Waals surface area contributed by atoms with E-state index in [1.165, 1.54) is 0 Å². The van der Waals surface area contributed by atoms with Crippen LogP contribution in [0.4, 0.5) is 0 Å². The normalized spacial score (nSPS) is 14.5. The molecule has 0 saturated carbocycles. The third-order valence-corrected chi connectivity index (χ3v) is 5.42. The molecular formula is C23H26N4O3. The molecule has 0 radical (unpaired) electrons. The topological polar surface area (TPSA) is 59.8 Å². The molecule has 156 valence electrons. The highest BCUT2D eigenvalue weighted by Crippen LogP contribution is 2.25. The van der Waals surface area contributed by atoms with Gasteiger partial charge in [0.2, 0.25) is 0 Å². The molecule has 1 saturated heterocycles. The van der Waals surface area contributed by atoms with Gasteiger partial charge in [0.05, 0.1) is 19.9 Å². The number of methoxy groups -OCH3 is 2. The Morgan fingerprint density at radius 1 is 1.00 bits per heavy atom. The molecule has 0 aliphatic carbocycles. The number of hydrogen-bond donors (Lipinski definition) is 0. The fourth-order valence-electron chi connectivity index (χ4n) is 3.72. The maximum Gasteiger partial charge on any atom is 0.253 e. The van der Waals surface area contributed by atoms with Gasteiger partial charge in [-0.2, -0.15) is 5.10 Å². The number of rotatable bonds is 6. The first-order valence-electron chi connectivity index (χ1n) is 10.0. The maximum absolute atomic E-state index is 12.9. The van der Waals surface area contributed by atoms with Crippen LogP contribution in [0.3, 0.4) is 0 Å². The Hall–Kier alpha value is -3.32. The summed E-state index contributed by atoms with van der Waals surface area (Å²) in [7, 11) is 3.34. The van der Waals surface area contributed by atoms with Crippen molar-refractivity contribution in [1.82, 2.24) is 19.6 Å². The van der Waals surface area contributed by atoms with E-state index in [0.29, 0.717) is 18.7 Å². The second-order valence-electron chi connectivity index (χ2n) is 7.24. The highest BCUT2D eigenvalue weighted by molar-refractivity contribution is 5.94. The van der Waals surface area contributed by atoms with Crippen LogP contribution in [0.15, 0.2) is 60.9 Å². The Bertz CT molecular complexity index is 978. The standard InChI is InChI=1S/C23H26N4O3/c1-29-21-8-9-22(30-2)19(16-21)17-25-12-14-26(15-13-25)23(28)18-4-6-20(7-5-18)27-11-3-10-24-27/h3-11,16H,12-15,17H2,1-2H3. The summed E-state index contributed by atoms with van der Waals surface area (Å²) in [5, 5.41) is 4.22. The molecule has 0 unspecified atom stereocenters. The van der Waals surface area contributed by atoms with Gasteiger partial charge in [-0.25, -0.2) is 4.68 Å². The van der Waals surface area contributed by atoms with Gasteiger partial charge in [-0.3, -0.25) is 9.69 Å². The third kappa shape index (κ3) is 4.31. The van der Waals surface area contributed by atoms with E-state index in [9.17, 15) is 4.79 Å². The number of hydrogen-bond acceptors (Lipinski definition) is 5. The number of ether oxygens (including phenoxy) is 2. The number of aromatic nitrogens is 2. The smallest absolute Gasteiger partial charge is 0.253 e. The van der Waals surface area contributed by atoms with E-state index >= 15 is 0 Å². The van der Waals surface area contributed by atoms with E-state index in [2.05, 4.69) is 10.00 Å². The van der Waals surface area contributed by atoms with Crippen LogP contribution in [0.25, 0.3) is 5.69 Å². The second kappa shape index (κ2) is 9.00. The summed E-state index contributed by atoms with van der Waals surface area (Å²) >= 11 is 0. The minimum atomic E-state index is 0.0700. The summed E-state index contributed by atoms with van der Waals surface area (Å²) in [6.07, 6.45) is 3.62. The zero-order valence-corrected chi connectivity index (χ0v) is 17.3. The van der Waals surface area contributed by atoms with Crippen molar-refractivity contribution < 1.29 is 14.3 Å². The highest BCUT2D eigenvalue weighted by atomic mass is 16.5. The Labute approximate surface area is 176 Å². The first-order valence-corrected chi connectivity index (χ1v) is 10.0. The van der Waals surface area contributed by atoms with Crippen molar-refractivity contribution in [2.75, 3.05) is 40.4 Å². The van der Waals surface area contributed by atoms with E-state index in [1.54, 1.807) is 25.1 Å². The van der Waals surface area contributed by atoms with Crippen LogP contribution < -0.4 is 9.47 Å². The van der Waals surface area contributed by atoms with Gasteiger partial charge in [-0.1, -0.05) is 0 Å². The summed E-state index contributed by atoms with van der Waals surface area (Å²) in [6, 6.07) is 15.3. The van der Waals surface area contributed by atoms with Crippen molar-refractivity contribution in [1.29, 1.82) is 0 Å². The Kier molecular flexibility index (Phi) is 5.99. The van der Waals surface area contributed by atoms with Crippen LogP contribution in [-0.2, 0) is 6.54 Å². The van der Waals surface area contributed by atoms with Crippen LogP contribution in [0, 0.1) is 0 Å². The van der Waals surface area contributed by atoms with E-state index in [0.717, 1.165) is 42.4 Å².